The van der Waals surface area contributed by atoms with Crippen LogP contribution in [0.1, 0.15) is 52.9 Å². The quantitative estimate of drug-likeness (QED) is 0.512. The van der Waals surface area contributed by atoms with E-state index < -0.39 is 0 Å². The monoisotopic (exact) mass is 166 g/mol. The maximum absolute atomic E-state index is 2.43. The molecular weight excluding hydrogens is 144 g/mol. The Kier molecular flexibility index (Phi) is 1.97. The molecule has 70 valence electrons. The molecule has 12 heavy (non-hydrogen) atoms. The van der Waals surface area contributed by atoms with Gasteiger partial charge in [-0.1, -0.05) is 40.0 Å². The first-order chi connectivity index (χ1) is 5.57. The van der Waals surface area contributed by atoms with Gasteiger partial charge in [0, 0.05) is 0 Å². The van der Waals surface area contributed by atoms with Crippen LogP contribution < -0.4 is 0 Å². The SMILES string of the molecule is CC(C)(C)C1CC2CCCC1C2. The van der Waals surface area contributed by atoms with Crippen molar-refractivity contribution in [3.8, 4) is 0 Å². The van der Waals surface area contributed by atoms with Crippen molar-refractivity contribution >= 4 is 0 Å². The van der Waals surface area contributed by atoms with Crippen LogP contribution in [0.4, 0.5) is 0 Å². The highest BCUT2D eigenvalue weighted by Crippen LogP contribution is 2.52. The smallest absolute Gasteiger partial charge is 0.0334 e. The van der Waals surface area contributed by atoms with Crippen molar-refractivity contribution in [3.63, 3.8) is 0 Å². The second-order valence-corrected chi connectivity index (χ2v) is 6.00. The first kappa shape index (κ1) is 8.59. The molecule has 0 radical (unpaired) electrons. The maximum atomic E-state index is 2.43. The third-order valence-electron chi connectivity index (χ3n) is 4.09. The van der Waals surface area contributed by atoms with Gasteiger partial charge in [-0.05, 0) is 36.0 Å². The van der Waals surface area contributed by atoms with Gasteiger partial charge in [-0.3, -0.25) is 0 Å². The van der Waals surface area contributed by atoms with Gasteiger partial charge in [0.15, 0.2) is 0 Å². The lowest BCUT2D eigenvalue weighted by Gasteiger charge is -2.32. The highest BCUT2D eigenvalue weighted by atomic mass is 14.5. The fraction of sp³-hybridized carbons (Fsp3) is 1.00. The molecule has 0 aromatic rings. The molecule has 2 bridgehead atoms. The summed E-state index contributed by atoms with van der Waals surface area (Å²) in [4.78, 5) is 0. The second-order valence-electron chi connectivity index (χ2n) is 6.00. The first-order valence-corrected chi connectivity index (χ1v) is 5.57. The van der Waals surface area contributed by atoms with Gasteiger partial charge in [-0.15, -0.1) is 0 Å². The minimum Gasteiger partial charge on any atom is -0.0599 e. The minimum absolute atomic E-state index is 0.573. The zero-order valence-electron chi connectivity index (χ0n) is 8.77. The molecule has 2 fully saturated rings. The molecule has 0 aliphatic heterocycles. The van der Waals surface area contributed by atoms with Crippen molar-refractivity contribution in [2.45, 2.75) is 52.9 Å². The Bertz CT molecular complexity index is 163. The summed E-state index contributed by atoms with van der Waals surface area (Å²) >= 11 is 0. The van der Waals surface area contributed by atoms with Crippen molar-refractivity contribution in [3.05, 3.63) is 0 Å². The van der Waals surface area contributed by atoms with Gasteiger partial charge in [0.25, 0.3) is 0 Å². The van der Waals surface area contributed by atoms with Crippen molar-refractivity contribution in [2.24, 2.45) is 23.2 Å². The fourth-order valence-electron chi connectivity index (χ4n) is 3.52. The standard InChI is InChI=1S/C12H22/c1-12(2,3)11-8-9-5-4-6-10(11)7-9/h9-11H,4-8H2,1-3H3. The summed E-state index contributed by atoms with van der Waals surface area (Å²) in [5.74, 6) is 3.22. The van der Waals surface area contributed by atoms with Crippen molar-refractivity contribution in [2.75, 3.05) is 0 Å². The van der Waals surface area contributed by atoms with E-state index in [9.17, 15) is 0 Å². The third-order valence-corrected chi connectivity index (χ3v) is 4.09. The molecule has 2 saturated carbocycles. The first-order valence-electron chi connectivity index (χ1n) is 5.57. The zero-order valence-corrected chi connectivity index (χ0v) is 8.77. The predicted octanol–water partition coefficient (Wildman–Crippen LogP) is 3.86. The van der Waals surface area contributed by atoms with Crippen LogP contribution in [0.15, 0.2) is 0 Å². The summed E-state index contributed by atoms with van der Waals surface area (Å²) < 4.78 is 0. The van der Waals surface area contributed by atoms with E-state index in [1.807, 2.05) is 0 Å². The molecule has 0 heteroatoms. The zero-order chi connectivity index (χ0) is 8.77. The van der Waals surface area contributed by atoms with Crippen LogP contribution in [-0.4, -0.2) is 0 Å². The Morgan fingerprint density at radius 2 is 1.75 bits per heavy atom. The van der Waals surface area contributed by atoms with Crippen molar-refractivity contribution in [1.29, 1.82) is 0 Å². The van der Waals surface area contributed by atoms with E-state index in [-0.39, 0.29) is 0 Å². The lowest BCUT2D eigenvalue weighted by Crippen LogP contribution is -2.23. The van der Waals surface area contributed by atoms with Gasteiger partial charge in [0.2, 0.25) is 0 Å². The van der Waals surface area contributed by atoms with Crippen LogP contribution in [0.5, 0.6) is 0 Å². The predicted molar refractivity (Wildman–Crippen MR) is 53.0 cm³/mol. The Balaban J connectivity index is 2.09. The largest absolute Gasteiger partial charge is 0.0599 e. The van der Waals surface area contributed by atoms with E-state index in [1.165, 1.54) is 25.7 Å². The van der Waals surface area contributed by atoms with E-state index in [0.29, 0.717) is 5.41 Å². The van der Waals surface area contributed by atoms with Crippen LogP contribution in [0.3, 0.4) is 0 Å². The summed E-state index contributed by atoms with van der Waals surface area (Å²) in [5.41, 5.74) is 0.573. The molecule has 0 heterocycles. The minimum atomic E-state index is 0.573. The van der Waals surface area contributed by atoms with Gasteiger partial charge >= 0.3 is 0 Å². The average molecular weight is 166 g/mol. The van der Waals surface area contributed by atoms with Gasteiger partial charge in [0.05, 0.1) is 0 Å². The molecule has 0 aromatic carbocycles. The number of hydrogen-bond donors (Lipinski definition) is 0. The molecule has 0 amide bonds. The number of hydrogen-bond acceptors (Lipinski definition) is 0. The summed E-state index contributed by atoms with van der Waals surface area (Å²) in [6.45, 7) is 7.29. The number of fused-ring (bicyclic) bond motifs is 2. The van der Waals surface area contributed by atoms with Crippen molar-refractivity contribution in [1.82, 2.24) is 0 Å². The molecule has 0 N–H and O–H groups in total. The molecule has 0 saturated heterocycles. The van der Waals surface area contributed by atoms with Crippen LogP contribution in [0, 0.1) is 23.2 Å². The van der Waals surface area contributed by atoms with Gasteiger partial charge in [-0.2, -0.15) is 0 Å². The lowest BCUT2D eigenvalue weighted by molar-refractivity contribution is 0.179. The Labute approximate surface area is 76.7 Å². The van der Waals surface area contributed by atoms with Gasteiger partial charge < -0.3 is 0 Å². The Hall–Kier alpha value is 0. The molecule has 2 rings (SSSR count). The summed E-state index contributed by atoms with van der Waals surface area (Å²) in [6, 6.07) is 0. The second kappa shape index (κ2) is 2.75. The summed E-state index contributed by atoms with van der Waals surface area (Å²) in [5, 5.41) is 0. The van der Waals surface area contributed by atoms with E-state index in [2.05, 4.69) is 20.8 Å². The normalized spacial score (nSPS) is 41.8. The van der Waals surface area contributed by atoms with E-state index >= 15 is 0 Å². The number of rotatable bonds is 0. The topological polar surface area (TPSA) is 0 Å². The fourth-order valence-corrected chi connectivity index (χ4v) is 3.52. The molecule has 3 unspecified atom stereocenters. The molecule has 0 aromatic heterocycles. The van der Waals surface area contributed by atoms with Crippen LogP contribution in [0.2, 0.25) is 0 Å². The Morgan fingerprint density at radius 3 is 2.33 bits per heavy atom. The van der Waals surface area contributed by atoms with Crippen LogP contribution in [-0.2, 0) is 0 Å². The Morgan fingerprint density at radius 1 is 1.00 bits per heavy atom. The molecule has 3 atom stereocenters. The van der Waals surface area contributed by atoms with Gasteiger partial charge in [-0.25, -0.2) is 0 Å². The van der Waals surface area contributed by atoms with E-state index in [0.717, 1.165) is 17.8 Å². The van der Waals surface area contributed by atoms with E-state index in [4.69, 9.17) is 0 Å². The maximum Gasteiger partial charge on any atom is -0.0334 e. The van der Waals surface area contributed by atoms with Crippen LogP contribution >= 0.6 is 0 Å². The highest BCUT2D eigenvalue weighted by Gasteiger charge is 2.42. The van der Waals surface area contributed by atoms with Gasteiger partial charge in [0.1, 0.15) is 0 Å². The molecule has 0 nitrogen and oxygen atoms in total. The highest BCUT2D eigenvalue weighted by molar-refractivity contribution is 4.92. The molecule has 0 spiro atoms. The molecule has 2 aliphatic carbocycles. The summed E-state index contributed by atoms with van der Waals surface area (Å²) in [7, 11) is 0. The lowest BCUT2D eigenvalue weighted by atomic mass is 9.74. The third kappa shape index (κ3) is 1.41. The van der Waals surface area contributed by atoms with E-state index in [1.54, 1.807) is 6.42 Å². The average Bonchev–Trinajstić information content (AvgIpc) is 2.25. The molecular formula is C12H22. The summed E-state index contributed by atoms with van der Waals surface area (Å²) in [6.07, 6.45) is 7.67. The van der Waals surface area contributed by atoms with Crippen molar-refractivity contribution < 1.29 is 0 Å². The van der Waals surface area contributed by atoms with Crippen LogP contribution in [0.25, 0.3) is 0 Å². The molecule has 2 aliphatic rings.